The van der Waals surface area contributed by atoms with E-state index in [-0.39, 0.29) is 36.8 Å². The summed E-state index contributed by atoms with van der Waals surface area (Å²) in [5.74, 6) is -0.127. The van der Waals surface area contributed by atoms with E-state index in [0.717, 1.165) is 25.2 Å². The highest BCUT2D eigenvalue weighted by Gasteiger charge is 2.22. The minimum Gasteiger partial charge on any atom is -0.374 e. The van der Waals surface area contributed by atoms with Crippen LogP contribution in [-0.2, 0) is 22.5 Å². The third-order valence-electron chi connectivity index (χ3n) is 4.61. The van der Waals surface area contributed by atoms with Crippen LogP contribution < -0.4 is 11.1 Å². The first kappa shape index (κ1) is 24.4. The first-order valence-corrected chi connectivity index (χ1v) is 9.16. The zero-order valence-electron chi connectivity index (χ0n) is 15.8. The van der Waals surface area contributed by atoms with Crippen LogP contribution in [0.3, 0.4) is 0 Å². The predicted molar refractivity (Wildman–Crippen MR) is 117 cm³/mol. The van der Waals surface area contributed by atoms with Gasteiger partial charge in [0.25, 0.3) is 0 Å². The maximum atomic E-state index is 12.3. The van der Waals surface area contributed by atoms with Crippen molar-refractivity contribution in [3.8, 4) is 0 Å². The fraction of sp³-hybridized carbons (Fsp3) is 0.381. The molecule has 2 unspecified atom stereocenters. The first-order valence-electron chi connectivity index (χ1n) is 9.16. The SMILES string of the molecule is Cl.Cl.NC(Cc1ccccc1)C(=O)NCC1CN(Cc2ccccc2)CCO1. The number of carbonyl (C=O) groups excluding carboxylic acids is 1. The summed E-state index contributed by atoms with van der Waals surface area (Å²) in [4.78, 5) is 14.6. The molecule has 1 amide bonds. The maximum absolute atomic E-state index is 12.3. The highest BCUT2D eigenvalue weighted by molar-refractivity contribution is 5.85. The standard InChI is InChI=1S/C21H27N3O2.2ClH/c22-20(13-17-7-3-1-4-8-17)21(25)23-14-19-16-24(11-12-26-19)15-18-9-5-2-6-10-18;;/h1-10,19-20H,11-16,22H2,(H,23,25);2*1H. The van der Waals surface area contributed by atoms with Gasteiger partial charge in [-0.2, -0.15) is 0 Å². The van der Waals surface area contributed by atoms with Crippen molar-refractivity contribution < 1.29 is 9.53 Å². The van der Waals surface area contributed by atoms with Gasteiger partial charge in [0.2, 0.25) is 5.91 Å². The van der Waals surface area contributed by atoms with Gasteiger partial charge in [-0.3, -0.25) is 9.69 Å². The lowest BCUT2D eigenvalue weighted by atomic mass is 10.1. The van der Waals surface area contributed by atoms with E-state index < -0.39 is 6.04 Å². The molecule has 5 nitrogen and oxygen atoms in total. The van der Waals surface area contributed by atoms with Crippen molar-refractivity contribution >= 4 is 30.7 Å². The number of nitrogens with one attached hydrogen (secondary N) is 1. The van der Waals surface area contributed by atoms with Crippen LogP contribution in [0.15, 0.2) is 60.7 Å². The van der Waals surface area contributed by atoms with Gasteiger partial charge in [0.05, 0.1) is 18.8 Å². The number of rotatable bonds is 7. The molecule has 2 aromatic rings. The van der Waals surface area contributed by atoms with Crippen molar-refractivity contribution in [2.24, 2.45) is 5.73 Å². The minimum absolute atomic E-state index is 0. The topological polar surface area (TPSA) is 67.6 Å². The highest BCUT2D eigenvalue weighted by Crippen LogP contribution is 2.10. The van der Waals surface area contributed by atoms with E-state index in [4.69, 9.17) is 10.5 Å². The molecule has 1 aliphatic heterocycles. The number of nitrogens with two attached hydrogens (primary N) is 1. The molecule has 0 aliphatic carbocycles. The smallest absolute Gasteiger partial charge is 0.237 e. The van der Waals surface area contributed by atoms with Crippen LogP contribution in [-0.4, -0.2) is 49.2 Å². The summed E-state index contributed by atoms with van der Waals surface area (Å²) in [7, 11) is 0. The van der Waals surface area contributed by atoms with E-state index in [2.05, 4.69) is 34.5 Å². The van der Waals surface area contributed by atoms with Crippen molar-refractivity contribution in [2.75, 3.05) is 26.2 Å². The van der Waals surface area contributed by atoms with Crippen molar-refractivity contribution in [2.45, 2.75) is 25.1 Å². The molecule has 3 rings (SSSR count). The summed E-state index contributed by atoms with van der Waals surface area (Å²) in [5, 5.41) is 2.94. The Morgan fingerprint density at radius 3 is 2.32 bits per heavy atom. The Labute approximate surface area is 179 Å². The third kappa shape index (κ3) is 7.78. The van der Waals surface area contributed by atoms with Gasteiger partial charge in [0.1, 0.15) is 0 Å². The van der Waals surface area contributed by atoms with E-state index in [1.54, 1.807) is 0 Å². The molecule has 1 saturated heterocycles. The normalized spacial score (nSPS) is 17.7. The number of hydrogen-bond donors (Lipinski definition) is 2. The molecular weight excluding hydrogens is 397 g/mol. The minimum atomic E-state index is -0.540. The van der Waals surface area contributed by atoms with Gasteiger partial charge in [-0.25, -0.2) is 0 Å². The summed E-state index contributed by atoms with van der Waals surface area (Å²) in [5.41, 5.74) is 8.39. The number of morpholine rings is 1. The van der Waals surface area contributed by atoms with Crippen molar-refractivity contribution in [3.05, 3.63) is 71.8 Å². The Bertz CT molecular complexity index is 689. The van der Waals surface area contributed by atoms with E-state index in [1.165, 1.54) is 5.56 Å². The van der Waals surface area contributed by atoms with Gasteiger partial charge in [0.15, 0.2) is 0 Å². The van der Waals surface area contributed by atoms with Crippen LogP contribution >= 0.6 is 24.8 Å². The van der Waals surface area contributed by atoms with Crippen LogP contribution in [0.5, 0.6) is 0 Å². The lowest BCUT2D eigenvalue weighted by molar-refractivity contribution is -0.123. The zero-order valence-corrected chi connectivity index (χ0v) is 17.5. The van der Waals surface area contributed by atoms with Crippen LogP contribution in [0.1, 0.15) is 11.1 Å². The molecule has 7 heteroatoms. The second-order valence-corrected chi connectivity index (χ2v) is 6.75. The quantitative estimate of drug-likeness (QED) is 0.714. The first-order chi connectivity index (χ1) is 12.7. The Hall–Kier alpha value is -1.63. The third-order valence-corrected chi connectivity index (χ3v) is 4.61. The average molecular weight is 426 g/mol. The molecular formula is C21H29Cl2N3O2. The summed E-state index contributed by atoms with van der Waals surface area (Å²) in [6.45, 7) is 3.80. The number of ether oxygens (including phenoxy) is 1. The van der Waals surface area contributed by atoms with E-state index in [0.29, 0.717) is 19.6 Å². The van der Waals surface area contributed by atoms with E-state index in [9.17, 15) is 4.79 Å². The van der Waals surface area contributed by atoms with Crippen LogP contribution in [0.4, 0.5) is 0 Å². The number of halogens is 2. The molecule has 28 heavy (non-hydrogen) atoms. The molecule has 0 spiro atoms. The highest BCUT2D eigenvalue weighted by atomic mass is 35.5. The molecule has 2 atom stereocenters. The second kappa shape index (κ2) is 12.8. The molecule has 2 aromatic carbocycles. The molecule has 1 aliphatic rings. The molecule has 1 heterocycles. The molecule has 0 bridgehead atoms. The van der Waals surface area contributed by atoms with Gasteiger partial charge < -0.3 is 15.8 Å². The molecule has 0 radical (unpaired) electrons. The summed E-state index contributed by atoms with van der Waals surface area (Å²) >= 11 is 0. The van der Waals surface area contributed by atoms with Crippen molar-refractivity contribution in [1.82, 2.24) is 10.2 Å². The molecule has 154 valence electrons. The number of nitrogens with zero attached hydrogens (tertiary/aromatic N) is 1. The number of carbonyl (C=O) groups is 1. The number of hydrogen-bond acceptors (Lipinski definition) is 4. The van der Waals surface area contributed by atoms with Gasteiger partial charge in [-0.15, -0.1) is 24.8 Å². The molecule has 3 N–H and O–H groups in total. The summed E-state index contributed by atoms with van der Waals surface area (Å²) in [6.07, 6.45) is 0.540. The Morgan fingerprint density at radius 2 is 1.68 bits per heavy atom. The summed E-state index contributed by atoms with van der Waals surface area (Å²) in [6, 6.07) is 19.7. The van der Waals surface area contributed by atoms with Crippen molar-refractivity contribution in [3.63, 3.8) is 0 Å². The van der Waals surface area contributed by atoms with E-state index >= 15 is 0 Å². The van der Waals surface area contributed by atoms with Gasteiger partial charge in [0, 0.05) is 26.2 Å². The lowest BCUT2D eigenvalue weighted by Crippen LogP contribution is -2.50. The van der Waals surface area contributed by atoms with Gasteiger partial charge in [-0.1, -0.05) is 60.7 Å². The molecule has 0 saturated carbocycles. The Balaban J connectivity index is 0.00000196. The fourth-order valence-corrected chi connectivity index (χ4v) is 3.20. The predicted octanol–water partition coefficient (Wildman–Crippen LogP) is 2.42. The fourth-order valence-electron chi connectivity index (χ4n) is 3.20. The Morgan fingerprint density at radius 1 is 1.07 bits per heavy atom. The largest absolute Gasteiger partial charge is 0.374 e. The maximum Gasteiger partial charge on any atom is 0.237 e. The van der Waals surface area contributed by atoms with Gasteiger partial charge >= 0.3 is 0 Å². The van der Waals surface area contributed by atoms with Crippen LogP contribution in [0.2, 0.25) is 0 Å². The zero-order chi connectivity index (χ0) is 18.2. The Kier molecular flexibility index (Phi) is 11.1. The van der Waals surface area contributed by atoms with E-state index in [1.807, 2.05) is 36.4 Å². The van der Waals surface area contributed by atoms with Gasteiger partial charge in [-0.05, 0) is 17.5 Å². The van der Waals surface area contributed by atoms with Crippen molar-refractivity contribution in [1.29, 1.82) is 0 Å². The number of amides is 1. The lowest BCUT2D eigenvalue weighted by Gasteiger charge is -2.33. The molecule has 1 fully saturated rings. The number of benzene rings is 2. The van der Waals surface area contributed by atoms with Crippen LogP contribution in [0.25, 0.3) is 0 Å². The summed E-state index contributed by atoms with van der Waals surface area (Å²) < 4.78 is 5.80. The average Bonchev–Trinajstić information content (AvgIpc) is 2.68. The second-order valence-electron chi connectivity index (χ2n) is 6.75. The molecule has 0 aromatic heterocycles. The monoisotopic (exact) mass is 425 g/mol. The van der Waals surface area contributed by atoms with Crippen LogP contribution in [0, 0.1) is 0 Å².